The minimum Gasteiger partial charge on any atom is -0.295 e. The second kappa shape index (κ2) is 10.2. The second-order valence-electron chi connectivity index (χ2n) is 9.80. The van der Waals surface area contributed by atoms with Crippen LogP contribution in [0.25, 0.3) is 0 Å². The summed E-state index contributed by atoms with van der Waals surface area (Å²) in [4.78, 5) is 21.8. The second-order valence-corrected chi connectivity index (χ2v) is 9.80. The molecule has 2 heteroatoms. The number of carbonyl (C=O) groups excluding carboxylic acids is 2. The lowest BCUT2D eigenvalue weighted by Gasteiger charge is -2.36. The van der Waals surface area contributed by atoms with Crippen LogP contribution in [0.5, 0.6) is 0 Å². The van der Waals surface area contributed by atoms with Crippen molar-refractivity contribution >= 4 is 11.6 Å². The summed E-state index contributed by atoms with van der Waals surface area (Å²) in [6, 6.07) is 0. The summed E-state index contributed by atoms with van der Waals surface area (Å²) in [5.41, 5.74) is 4.75. The molecule has 2 rings (SSSR count). The molecule has 28 heavy (non-hydrogen) atoms. The third-order valence-electron chi connectivity index (χ3n) is 6.14. The molecule has 0 aliphatic heterocycles. The molecular weight excluding hydrogens is 344 g/mol. The molecule has 0 aromatic carbocycles. The first-order valence-electron chi connectivity index (χ1n) is 10.6. The molecule has 2 nitrogen and oxygen atoms in total. The SMILES string of the molecule is CC(=O)/C=C/C1=C(C)CCCC1(C)C.CC(=O)/C=C/C1C(C)=CCCC1(C)C. The standard InChI is InChI=1S/2C13H20O/c2*1-10-6-5-9-13(3,4)12(10)8-7-11(2)14/h7-8H,5-6,9H2,1-4H3;6-8,12H,5,9H2,1-4H3/b2*8-7+. The van der Waals surface area contributed by atoms with Crippen LogP contribution in [0.3, 0.4) is 0 Å². The van der Waals surface area contributed by atoms with Gasteiger partial charge in [-0.2, -0.15) is 0 Å². The van der Waals surface area contributed by atoms with E-state index in [4.69, 9.17) is 0 Å². The number of hydrogen-bond donors (Lipinski definition) is 0. The van der Waals surface area contributed by atoms with Gasteiger partial charge < -0.3 is 0 Å². The Balaban J connectivity index is 0.000000280. The van der Waals surface area contributed by atoms with Crippen LogP contribution in [0, 0.1) is 16.7 Å². The molecule has 0 amide bonds. The van der Waals surface area contributed by atoms with Gasteiger partial charge in [-0.15, -0.1) is 0 Å². The van der Waals surface area contributed by atoms with Crippen LogP contribution in [0.2, 0.25) is 0 Å². The molecule has 0 bridgehead atoms. The zero-order chi connectivity index (χ0) is 21.5. The van der Waals surface area contributed by atoms with Crippen molar-refractivity contribution in [1.29, 1.82) is 0 Å². The van der Waals surface area contributed by atoms with Gasteiger partial charge in [-0.1, -0.05) is 57.1 Å². The fourth-order valence-corrected chi connectivity index (χ4v) is 4.43. The smallest absolute Gasteiger partial charge is 0.152 e. The molecule has 0 heterocycles. The van der Waals surface area contributed by atoms with Crippen LogP contribution in [-0.2, 0) is 9.59 Å². The van der Waals surface area contributed by atoms with Gasteiger partial charge in [-0.25, -0.2) is 0 Å². The molecule has 0 aromatic heterocycles. The lowest BCUT2D eigenvalue weighted by molar-refractivity contribution is -0.113. The van der Waals surface area contributed by atoms with Gasteiger partial charge >= 0.3 is 0 Å². The van der Waals surface area contributed by atoms with Crippen molar-refractivity contribution in [2.45, 2.75) is 87.5 Å². The molecule has 1 atom stereocenters. The average Bonchev–Trinajstić information content (AvgIpc) is 2.52. The van der Waals surface area contributed by atoms with Gasteiger partial charge in [0.25, 0.3) is 0 Å². The lowest BCUT2D eigenvalue weighted by atomic mass is 9.68. The molecule has 0 fully saturated rings. The Kier molecular flexibility index (Phi) is 8.85. The molecule has 0 saturated heterocycles. The first-order chi connectivity index (χ1) is 12.9. The number of allylic oxidation sites excluding steroid dienone is 8. The average molecular weight is 385 g/mol. The highest BCUT2D eigenvalue weighted by molar-refractivity contribution is 5.88. The van der Waals surface area contributed by atoms with Gasteiger partial charge in [0.15, 0.2) is 11.6 Å². The zero-order valence-corrected chi connectivity index (χ0v) is 19.3. The highest BCUT2D eigenvalue weighted by Gasteiger charge is 2.30. The van der Waals surface area contributed by atoms with Crippen LogP contribution in [-0.4, -0.2) is 11.6 Å². The van der Waals surface area contributed by atoms with Crippen molar-refractivity contribution in [3.8, 4) is 0 Å². The molecule has 0 N–H and O–H groups in total. The zero-order valence-electron chi connectivity index (χ0n) is 19.3. The van der Waals surface area contributed by atoms with E-state index in [1.807, 2.05) is 6.08 Å². The molecule has 1 unspecified atom stereocenters. The van der Waals surface area contributed by atoms with Gasteiger partial charge in [-0.05, 0) is 88.4 Å². The topological polar surface area (TPSA) is 34.1 Å². The Hall–Kier alpha value is -1.70. The van der Waals surface area contributed by atoms with E-state index in [0.29, 0.717) is 11.3 Å². The molecule has 0 spiro atoms. The van der Waals surface area contributed by atoms with E-state index < -0.39 is 0 Å². The molecular formula is C26H40O2. The highest BCUT2D eigenvalue weighted by Crippen LogP contribution is 2.42. The summed E-state index contributed by atoms with van der Waals surface area (Å²) in [6.07, 6.45) is 15.8. The van der Waals surface area contributed by atoms with Crippen LogP contribution >= 0.6 is 0 Å². The monoisotopic (exact) mass is 384 g/mol. The molecule has 2 aliphatic carbocycles. The minimum absolute atomic E-state index is 0.131. The van der Waals surface area contributed by atoms with Crippen molar-refractivity contribution in [3.63, 3.8) is 0 Å². The van der Waals surface area contributed by atoms with Crippen molar-refractivity contribution in [1.82, 2.24) is 0 Å². The van der Waals surface area contributed by atoms with E-state index in [0.717, 1.165) is 0 Å². The minimum atomic E-state index is 0.131. The summed E-state index contributed by atoms with van der Waals surface area (Å²) in [5, 5.41) is 0. The first kappa shape index (κ1) is 24.3. The van der Waals surface area contributed by atoms with E-state index in [1.54, 1.807) is 26.0 Å². The lowest BCUT2D eigenvalue weighted by Crippen LogP contribution is -2.26. The van der Waals surface area contributed by atoms with E-state index >= 15 is 0 Å². The number of carbonyl (C=O) groups is 2. The van der Waals surface area contributed by atoms with E-state index in [9.17, 15) is 9.59 Å². The van der Waals surface area contributed by atoms with Crippen LogP contribution in [0.4, 0.5) is 0 Å². The Morgan fingerprint density at radius 2 is 1.61 bits per heavy atom. The quantitative estimate of drug-likeness (QED) is 0.380. The molecule has 0 saturated carbocycles. The number of rotatable bonds is 4. The Morgan fingerprint density at radius 1 is 1.00 bits per heavy atom. The number of ketones is 2. The van der Waals surface area contributed by atoms with Crippen LogP contribution in [0.15, 0.2) is 47.1 Å². The molecule has 2 aliphatic rings. The maximum atomic E-state index is 10.9. The van der Waals surface area contributed by atoms with Gasteiger partial charge in [0.2, 0.25) is 0 Å². The molecule has 0 aromatic rings. The highest BCUT2D eigenvalue weighted by atomic mass is 16.1. The fourth-order valence-electron chi connectivity index (χ4n) is 4.43. The Bertz CT molecular complexity index is 696. The third kappa shape index (κ3) is 7.37. The van der Waals surface area contributed by atoms with Gasteiger partial charge in [0.05, 0.1) is 0 Å². The predicted octanol–water partition coefficient (Wildman–Crippen LogP) is 7.17. The largest absolute Gasteiger partial charge is 0.295 e. The summed E-state index contributed by atoms with van der Waals surface area (Å²) >= 11 is 0. The first-order valence-corrected chi connectivity index (χ1v) is 10.6. The summed E-state index contributed by atoms with van der Waals surface area (Å²) in [5.74, 6) is 0.700. The van der Waals surface area contributed by atoms with Gasteiger partial charge in [0, 0.05) is 5.92 Å². The molecule has 156 valence electrons. The van der Waals surface area contributed by atoms with Crippen molar-refractivity contribution in [3.05, 3.63) is 47.1 Å². The Labute approximate surface area is 172 Å². The predicted molar refractivity (Wildman–Crippen MR) is 120 cm³/mol. The van der Waals surface area contributed by atoms with Crippen molar-refractivity contribution < 1.29 is 9.59 Å². The van der Waals surface area contributed by atoms with E-state index in [2.05, 4.69) is 53.7 Å². The Morgan fingerprint density at radius 3 is 2.11 bits per heavy atom. The van der Waals surface area contributed by atoms with Crippen molar-refractivity contribution in [2.24, 2.45) is 16.7 Å². The van der Waals surface area contributed by atoms with Gasteiger partial charge in [-0.3, -0.25) is 9.59 Å². The summed E-state index contributed by atoms with van der Waals surface area (Å²) in [7, 11) is 0. The number of hydrogen-bond acceptors (Lipinski definition) is 2. The van der Waals surface area contributed by atoms with Crippen LogP contribution < -0.4 is 0 Å². The maximum absolute atomic E-state index is 10.9. The fraction of sp³-hybridized carbons (Fsp3) is 0.615. The van der Waals surface area contributed by atoms with Crippen LogP contribution in [0.1, 0.15) is 87.5 Å². The molecule has 0 radical (unpaired) electrons. The third-order valence-corrected chi connectivity index (χ3v) is 6.14. The van der Waals surface area contributed by atoms with Crippen molar-refractivity contribution in [2.75, 3.05) is 0 Å². The van der Waals surface area contributed by atoms with E-state index in [-0.39, 0.29) is 17.0 Å². The van der Waals surface area contributed by atoms with E-state index in [1.165, 1.54) is 48.8 Å². The summed E-state index contributed by atoms with van der Waals surface area (Å²) < 4.78 is 0. The summed E-state index contributed by atoms with van der Waals surface area (Å²) in [6.45, 7) is 16.6. The maximum Gasteiger partial charge on any atom is 0.152 e. The van der Waals surface area contributed by atoms with Gasteiger partial charge in [0.1, 0.15) is 0 Å². The normalized spacial score (nSPS) is 24.0.